The summed E-state index contributed by atoms with van der Waals surface area (Å²) in [6.45, 7) is 1.17. The molecule has 1 aromatic heterocycles. The Morgan fingerprint density at radius 3 is 2.23 bits per heavy atom. The van der Waals surface area contributed by atoms with E-state index in [0.717, 1.165) is 0 Å². The predicted octanol–water partition coefficient (Wildman–Crippen LogP) is 1.88. The number of rotatable bonds is 3. The molecule has 26 heavy (non-hydrogen) atoms. The van der Waals surface area contributed by atoms with Gasteiger partial charge in [0.1, 0.15) is 5.82 Å². The molecule has 1 saturated heterocycles. The van der Waals surface area contributed by atoms with Crippen molar-refractivity contribution in [1.29, 1.82) is 0 Å². The lowest BCUT2D eigenvalue weighted by Gasteiger charge is -2.34. The standard InChI is InChI=1S/C17H16ClFN4O3/c1-26-14-6-5-13(20-21-14)16(24)22-7-9-23(10-8-22)17(25)15-11(18)3-2-4-12(15)19/h2-6H,7-10H2,1H3. The predicted molar refractivity (Wildman–Crippen MR) is 91.8 cm³/mol. The minimum absolute atomic E-state index is 0.0713. The lowest BCUT2D eigenvalue weighted by Crippen LogP contribution is -2.51. The summed E-state index contributed by atoms with van der Waals surface area (Å²) in [7, 11) is 1.46. The van der Waals surface area contributed by atoms with E-state index in [2.05, 4.69) is 10.2 Å². The highest BCUT2D eigenvalue weighted by Crippen LogP contribution is 2.21. The van der Waals surface area contributed by atoms with Crippen LogP contribution in [0.1, 0.15) is 20.8 Å². The van der Waals surface area contributed by atoms with E-state index in [1.807, 2.05) is 0 Å². The zero-order valence-corrected chi connectivity index (χ0v) is 14.7. The molecule has 2 heterocycles. The van der Waals surface area contributed by atoms with Crippen molar-refractivity contribution in [3.63, 3.8) is 0 Å². The summed E-state index contributed by atoms with van der Waals surface area (Å²) >= 11 is 5.95. The smallest absolute Gasteiger partial charge is 0.274 e. The second-order valence-electron chi connectivity index (χ2n) is 5.64. The van der Waals surface area contributed by atoms with Crippen LogP contribution in [-0.4, -0.2) is 65.1 Å². The maximum Gasteiger partial charge on any atom is 0.274 e. The molecule has 3 rings (SSSR count). The number of amides is 2. The van der Waals surface area contributed by atoms with Crippen LogP contribution in [0.5, 0.6) is 5.88 Å². The Labute approximate surface area is 154 Å². The number of nitrogens with zero attached hydrogens (tertiary/aromatic N) is 4. The summed E-state index contributed by atoms with van der Waals surface area (Å²) in [6.07, 6.45) is 0. The van der Waals surface area contributed by atoms with E-state index in [9.17, 15) is 14.0 Å². The first-order chi connectivity index (χ1) is 12.5. The first-order valence-corrected chi connectivity index (χ1v) is 8.29. The molecule has 1 fully saturated rings. The molecule has 1 aliphatic rings. The van der Waals surface area contributed by atoms with Crippen LogP contribution in [0.25, 0.3) is 0 Å². The maximum absolute atomic E-state index is 13.9. The highest BCUT2D eigenvalue weighted by atomic mass is 35.5. The van der Waals surface area contributed by atoms with Crippen molar-refractivity contribution in [2.75, 3.05) is 33.3 Å². The normalized spacial score (nSPS) is 14.3. The molecule has 2 amide bonds. The zero-order valence-electron chi connectivity index (χ0n) is 14.0. The summed E-state index contributed by atoms with van der Waals surface area (Å²) < 4.78 is 18.8. The van der Waals surface area contributed by atoms with E-state index in [-0.39, 0.29) is 35.3 Å². The third kappa shape index (κ3) is 3.60. The van der Waals surface area contributed by atoms with E-state index in [0.29, 0.717) is 19.0 Å². The second-order valence-corrected chi connectivity index (χ2v) is 6.05. The fourth-order valence-corrected chi connectivity index (χ4v) is 2.92. The number of methoxy groups -OCH3 is 1. The number of aromatic nitrogens is 2. The van der Waals surface area contributed by atoms with Gasteiger partial charge in [-0.05, 0) is 18.2 Å². The third-order valence-electron chi connectivity index (χ3n) is 4.10. The molecule has 0 saturated carbocycles. The van der Waals surface area contributed by atoms with E-state index < -0.39 is 11.7 Å². The fraction of sp³-hybridized carbons (Fsp3) is 0.294. The molecule has 1 aliphatic heterocycles. The number of piperazine rings is 1. The van der Waals surface area contributed by atoms with E-state index >= 15 is 0 Å². The first kappa shape index (κ1) is 18.1. The highest BCUT2D eigenvalue weighted by Gasteiger charge is 2.28. The van der Waals surface area contributed by atoms with Gasteiger partial charge in [-0.2, -0.15) is 0 Å². The molecule has 0 atom stereocenters. The van der Waals surface area contributed by atoms with Crippen LogP contribution in [-0.2, 0) is 0 Å². The molecule has 9 heteroatoms. The van der Waals surface area contributed by atoms with Gasteiger partial charge < -0.3 is 14.5 Å². The lowest BCUT2D eigenvalue weighted by atomic mass is 10.1. The van der Waals surface area contributed by atoms with Gasteiger partial charge in [-0.25, -0.2) is 4.39 Å². The van der Waals surface area contributed by atoms with Gasteiger partial charge in [0.05, 0.1) is 17.7 Å². The number of hydrogen-bond acceptors (Lipinski definition) is 5. The Morgan fingerprint density at radius 1 is 1.04 bits per heavy atom. The Morgan fingerprint density at radius 2 is 1.69 bits per heavy atom. The summed E-state index contributed by atoms with van der Waals surface area (Å²) in [5.74, 6) is -1.10. The fourth-order valence-electron chi connectivity index (χ4n) is 2.68. The van der Waals surface area contributed by atoms with Crippen molar-refractivity contribution in [3.8, 4) is 5.88 Å². The Hall–Kier alpha value is -2.74. The summed E-state index contributed by atoms with van der Waals surface area (Å²) in [5.41, 5.74) is 0.0534. The van der Waals surface area contributed by atoms with Gasteiger partial charge in [0.25, 0.3) is 11.8 Å². The molecule has 2 aromatic rings. The zero-order chi connectivity index (χ0) is 18.7. The Bertz CT molecular complexity index is 803. The van der Waals surface area contributed by atoms with Crippen LogP contribution in [0.4, 0.5) is 4.39 Å². The quantitative estimate of drug-likeness (QED) is 0.815. The largest absolute Gasteiger partial charge is 0.480 e. The molecule has 7 nitrogen and oxygen atoms in total. The average Bonchev–Trinajstić information content (AvgIpc) is 2.67. The van der Waals surface area contributed by atoms with Gasteiger partial charge in [-0.15, -0.1) is 10.2 Å². The molecule has 0 N–H and O–H groups in total. The SMILES string of the molecule is COc1ccc(C(=O)N2CCN(C(=O)c3c(F)cccc3Cl)CC2)nn1. The number of halogens is 2. The molecule has 1 aromatic carbocycles. The van der Waals surface area contributed by atoms with E-state index in [1.165, 1.54) is 36.3 Å². The molecule has 136 valence electrons. The van der Waals surface area contributed by atoms with Crippen LogP contribution in [0.15, 0.2) is 30.3 Å². The van der Waals surface area contributed by atoms with Crippen molar-refractivity contribution in [1.82, 2.24) is 20.0 Å². The van der Waals surface area contributed by atoms with Crippen molar-refractivity contribution < 1.29 is 18.7 Å². The van der Waals surface area contributed by atoms with Crippen LogP contribution < -0.4 is 4.74 Å². The Balaban J connectivity index is 1.65. The minimum atomic E-state index is -0.658. The minimum Gasteiger partial charge on any atom is -0.480 e. The maximum atomic E-state index is 13.9. The second kappa shape index (κ2) is 7.65. The van der Waals surface area contributed by atoms with Gasteiger partial charge in [-0.3, -0.25) is 9.59 Å². The van der Waals surface area contributed by atoms with Gasteiger partial charge in [0.15, 0.2) is 5.69 Å². The topological polar surface area (TPSA) is 75.6 Å². The van der Waals surface area contributed by atoms with Crippen LogP contribution in [0.3, 0.4) is 0 Å². The number of carbonyl (C=O) groups excluding carboxylic acids is 2. The van der Waals surface area contributed by atoms with Crippen LogP contribution in [0, 0.1) is 5.82 Å². The summed E-state index contributed by atoms with van der Waals surface area (Å²) in [4.78, 5) is 28.0. The molecular formula is C17H16ClFN4O3. The molecular weight excluding hydrogens is 363 g/mol. The van der Waals surface area contributed by atoms with Crippen molar-refractivity contribution in [2.45, 2.75) is 0 Å². The van der Waals surface area contributed by atoms with Crippen molar-refractivity contribution in [2.24, 2.45) is 0 Å². The van der Waals surface area contributed by atoms with Crippen LogP contribution >= 0.6 is 11.6 Å². The summed E-state index contributed by atoms with van der Waals surface area (Å²) in [5, 5.41) is 7.68. The first-order valence-electron chi connectivity index (χ1n) is 7.91. The molecule has 0 bridgehead atoms. The van der Waals surface area contributed by atoms with Gasteiger partial charge in [0, 0.05) is 32.2 Å². The van der Waals surface area contributed by atoms with Crippen molar-refractivity contribution in [3.05, 3.63) is 52.4 Å². The monoisotopic (exact) mass is 378 g/mol. The third-order valence-corrected chi connectivity index (χ3v) is 4.41. The number of hydrogen-bond donors (Lipinski definition) is 0. The highest BCUT2D eigenvalue weighted by molar-refractivity contribution is 6.33. The molecule has 0 radical (unpaired) electrons. The lowest BCUT2D eigenvalue weighted by molar-refractivity contribution is 0.0529. The average molecular weight is 379 g/mol. The Kier molecular flexibility index (Phi) is 5.32. The van der Waals surface area contributed by atoms with Gasteiger partial charge >= 0.3 is 0 Å². The van der Waals surface area contributed by atoms with Crippen molar-refractivity contribution >= 4 is 23.4 Å². The molecule has 0 aliphatic carbocycles. The summed E-state index contributed by atoms with van der Waals surface area (Å²) in [6, 6.07) is 7.20. The van der Waals surface area contributed by atoms with Crippen LogP contribution in [0.2, 0.25) is 5.02 Å². The number of carbonyl (C=O) groups is 2. The molecule has 0 unspecified atom stereocenters. The van der Waals surface area contributed by atoms with Gasteiger partial charge in [0.2, 0.25) is 5.88 Å². The molecule has 0 spiro atoms. The van der Waals surface area contributed by atoms with E-state index in [1.54, 1.807) is 11.0 Å². The number of ether oxygens (including phenoxy) is 1. The van der Waals surface area contributed by atoms with E-state index in [4.69, 9.17) is 16.3 Å². The van der Waals surface area contributed by atoms with Gasteiger partial charge in [-0.1, -0.05) is 17.7 Å². The number of benzene rings is 1.